The minimum atomic E-state index is -1.51. The number of nitrogens with zero attached hydrogens (tertiary/aromatic N) is 1. The zero-order valence-electron chi connectivity index (χ0n) is 66.0. The van der Waals surface area contributed by atoms with Crippen LogP contribution in [0, 0.1) is 0 Å². The smallest absolute Gasteiger partial charge is 0.361 e. The van der Waals surface area contributed by atoms with Crippen molar-refractivity contribution in [3.05, 3.63) is 24.3 Å². The van der Waals surface area contributed by atoms with Crippen molar-refractivity contribution in [3.8, 4) is 0 Å². The van der Waals surface area contributed by atoms with Gasteiger partial charge in [0.2, 0.25) is 0 Å². The van der Waals surface area contributed by atoms with Gasteiger partial charge in [-0.15, -0.1) is 0 Å². The number of rotatable bonds is 83. The Morgan fingerprint density at radius 3 is 0.814 bits per heavy atom. The number of carboxylic acid groups (broad SMARTS) is 1. The lowest BCUT2D eigenvalue weighted by molar-refractivity contribution is -0.870. The highest BCUT2D eigenvalue weighted by Crippen LogP contribution is 2.21. The molecule has 2 unspecified atom stereocenters. The minimum Gasteiger partial charge on any atom is -0.477 e. The largest absolute Gasteiger partial charge is 0.477 e. The molecule has 0 fully saturated rings. The molecule has 0 rings (SSSR count). The third-order valence-electron chi connectivity index (χ3n) is 20.2. The average molecular weight is 1370 g/mol. The highest BCUT2D eigenvalue weighted by atomic mass is 16.7. The molecule has 9 heteroatoms. The highest BCUT2D eigenvalue weighted by Gasteiger charge is 2.25. The van der Waals surface area contributed by atoms with E-state index in [1.54, 1.807) is 0 Å². The van der Waals surface area contributed by atoms with Gasteiger partial charge < -0.3 is 28.5 Å². The first-order chi connectivity index (χ1) is 47.6. The molecular weight excluding hydrogens is 1200 g/mol. The van der Waals surface area contributed by atoms with Gasteiger partial charge in [-0.3, -0.25) is 9.59 Å². The van der Waals surface area contributed by atoms with E-state index in [9.17, 15) is 19.5 Å². The summed E-state index contributed by atoms with van der Waals surface area (Å²) in [5.41, 5.74) is 0. The number of carbonyl (C=O) groups is 3. The Kier molecular flexibility index (Phi) is 77.6. The summed E-state index contributed by atoms with van der Waals surface area (Å²) >= 11 is 0. The molecule has 0 radical (unpaired) electrons. The Hall–Kier alpha value is -2.23. The molecule has 2 atom stereocenters. The summed E-state index contributed by atoms with van der Waals surface area (Å²) < 4.78 is 23.1. The summed E-state index contributed by atoms with van der Waals surface area (Å²) in [7, 11) is 6.01. The highest BCUT2D eigenvalue weighted by molar-refractivity contribution is 5.71. The second-order valence-corrected chi connectivity index (χ2v) is 31.2. The van der Waals surface area contributed by atoms with Crippen LogP contribution >= 0.6 is 0 Å². The fraction of sp³-hybridized carbons (Fsp3) is 0.920. The monoisotopic (exact) mass is 1370 g/mol. The van der Waals surface area contributed by atoms with Crippen LogP contribution in [0.25, 0.3) is 0 Å². The Labute approximate surface area is 605 Å². The van der Waals surface area contributed by atoms with Crippen molar-refractivity contribution >= 4 is 17.9 Å². The fourth-order valence-corrected chi connectivity index (χ4v) is 13.6. The Morgan fingerprint density at radius 2 is 0.557 bits per heavy atom. The number of ether oxygens (including phenoxy) is 4. The average Bonchev–Trinajstić information content (AvgIpc) is 3.27. The standard InChI is InChI=1S/C88H169NO8/c1-6-8-10-12-14-16-18-20-22-24-26-28-30-32-34-36-38-39-40-41-42-43-44-45-46-47-49-51-53-55-57-59-61-63-65-67-69-71-73-75-77-79-86(91)97-84(83-96-88(87(92)93)94-81-80-89(3,4)5)82-95-85(90)78-76-74-72-70-68-66-64-62-60-58-56-54-52-50-48-37-35-33-31-29-27-25-23-21-19-17-15-13-11-9-7-2/h18,20,24,26,84,88H,6-17,19,21-23,25,27-83H2,1-5H3/p+1/b20-18-,26-24-. The zero-order valence-corrected chi connectivity index (χ0v) is 66.0. The van der Waals surface area contributed by atoms with Gasteiger partial charge in [0.15, 0.2) is 6.10 Å². The van der Waals surface area contributed by atoms with Crippen molar-refractivity contribution in [3.63, 3.8) is 0 Å². The number of carboxylic acids is 1. The molecule has 0 spiro atoms. The van der Waals surface area contributed by atoms with E-state index in [1.165, 1.54) is 392 Å². The van der Waals surface area contributed by atoms with Gasteiger partial charge in [0.25, 0.3) is 6.29 Å². The third-order valence-corrected chi connectivity index (χ3v) is 20.2. The maximum absolute atomic E-state index is 13.0. The summed E-state index contributed by atoms with van der Waals surface area (Å²) in [6.07, 6.45) is 99.5. The van der Waals surface area contributed by atoms with Gasteiger partial charge in [0.1, 0.15) is 13.2 Å². The first-order valence-electron chi connectivity index (χ1n) is 43.5. The number of allylic oxidation sites excluding steroid dienone is 4. The van der Waals surface area contributed by atoms with Crippen LogP contribution in [0.2, 0.25) is 0 Å². The maximum atomic E-state index is 13.0. The molecule has 9 nitrogen and oxygen atoms in total. The quantitative estimate of drug-likeness (QED) is 0.0211. The van der Waals surface area contributed by atoms with E-state index in [0.717, 1.165) is 44.9 Å². The number of aliphatic carboxylic acids is 1. The van der Waals surface area contributed by atoms with Crippen molar-refractivity contribution in [2.24, 2.45) is 0 Å². The lowest BCUT2D eigenvalue weighted by Gasteiger charge is -2.25. The van der Waals surface area contributed by atoms with E-state index in [1.807, 2.05) is 21.1 Å². The van der Waals surface area contributed by atoms with Crippen molar-refractivity contribution in [1.29, 1.82) is 0 Å². The third kappa shape index (κ3) is 80.9. The molecule has 0 bridgehead atoms. The molecule has 0 aliphatic carbocycles. The normalized spacial score (nSPS) is 12.6. The number of unbranched alkanes of at least 4 members (excludes halogenated alkanes) is 64. The van der Waals surface area contributed by atoms with Crippen molar-refractivity contribution in [1.82, 2.24) is 0 Å². The first-order valence-corrected chi connectivity index (χ1v) is 43.5. The molecule has 0 aliphatic rings. The lowest BCUT2D eigenvalue weighted by Crippen LogP contribution is -2.40. The van der Waals surface area contributed by atoms with Gasteiger partial charge in [-0.05, 0) is 44.9 Å². The number of hydrogen-bond acceptors (Lipinski definition) is 7. The van der Waals surface area contributed by atoms with Gasteiger partial charge >= 0.3 is 17.9 Å². The van der Waals surface area contributed by atoms with E-state index in [0.29, 0.717) is 17.4 Å². The summed E-state index contributed by atoms with van der Waals surface area (Å²) in [6.45, 7) is 4.97. The van der Waals surface area contributed by atoms with E-state index in [2.05, 4.69) is 38.2 Å². The molecule has 0 heterocycles. The van der Waals surface area contributed by atoms with Crippen LogP contribution in [0.4, 0.5) is 0 Å². The molecule has 0 saturated heterocycles. The molecule has 0 amide bonds. The van der Waals surface area contributed by atoms with Crippen molar-refractivity contribution in [2.45, 2.75) is 476 Å². The molecule has 0 aromatic carbocycles. The van der Waals surface area contributed by atoms with Crippen LogP contribution in [-0.4, -0.2) is 87.4 Å². The van der Waals surface area contributed by atoms with Crippen LogP contribution in [0.15, 0.2) is 24.3 Å². The molecule has 574 valence electrons. The number of carbonyl (C=O) groups excluding carboxylic acids is 2. The van der Waals surface area contributed by atoms with Gasteiger partial charge in [-0.2, -0.15) is 0 Å². The number of likely N-dealkylation sites (N-methyl/N-ethyl adjacent to an activating group) is 1. The molecule has 0 aliphatic heterocycles. The second kappa shape index (κ2) is 79.5. The van der Waals surface area contributed by atoms with E-state index >= 15 is 0 Å². The van der Waals surface area contributed by atoms with Crippen LogP contribution in [-0.2, 0) is 33.3 Å². The van der Waals surface area contributed by atoms with E-state index < -0.39 is 18.4 Å². The minimum absolute atomic E-state index is 0.173. The Balaban J connectivity index is 3.89. The summed E-state index contributed by atoms with van der Waals surface area (Å²) in [6, 6.07) is 0. The zero-order chi connectivity index (χ0) is 70.4. The topological polar surface area (TPSA) is 108 Å². The molecular formula is C88H170NO8+. The Bertz CT molecular complexity index is 1640. The lowest BCUT2D eigenvalue weighted by atomic mass is 10.0. The molecule has 0 aromatic rings. The number of hydrogen-bond donors (Lipinski definition) is 1. The van der Waals surface area contributed by atoms with Crippen LogP contribution < -0.4 is 0 Å². The number of esters is 2. The van der Waals surface area contributed by atoms with Gasteiger partial charge in [0, 0.05) is 12.8 Å². The van der Waals surface area contributed by atoms with Crippen LogP contribution in [0.5, 0.6) is 0 Å². The summed E-state index contributed by atoms with van der Waals surface area (Å²) in [4.78, 5) is 37.8. The summed E-state index contributed by atoms with van der Waals surface area (Å²) in [5, 5.41) is 9.79. The molecule has 1 N–H and O–H groups in total. The summed E-state index contributed by atoms with van der Waals surface area (Å²) in [5.74, 6) is -1.96. The second-order valence-electron chi connectivity index (χ2n) is 31.2. The number of quaternary nitrogens is 1. The van der Waals surface area contributed by atoms with Crippen LogP contribution in [0.1, 0.15) is 463 Å². The maximum Gasteiger partial charge on any atom is 0.361 e. The van der Waals surface area contributed by atoms with Crippen molar-refractivity contribution < 1.29 is 42.9 Å². The van der Waals surface area contributed by atoms with Gasteiger partial charge in [0.05, 0.1) is 34.4 Å². The molecule has 0 saturated carbocycles. The van der Waals surface area contributed by atoms with Crippen molar-refractivity contribution in [2.75, 3.05) is 47.5 Å². The predicted octanol–water partition coefficient (Wildman–Crippen LogP) is 28.1. The predicted molar refractivity (Wildman–Crippen MR) is 420 cm³/mol. The van der Waals surface area contributed by atoms with E-state index in [4.69, 9.17) is 18.9 Å². The van der Waals surface area contributed by atoms with Gasteiger partial charge in [-0.1, -0.05) is 430 Å². The Morgan fingerprint density at radius 1 is 0.309 bits per heavy atom. The SMILES string of the molecule is CCCCCCC/C=C\C/C=C\CCCCCCCCCCCCCCCCCCCCCCCCCCCCCCCC(=O)OC(COC(=O)CCCCCCCCCCCCCCCCCCCCCCCCCCCCCCCCC)COC(OCC[N+](C)(C)C)C(=O)O. The molecule has 0 aromatic heterocycles. The fourth-order valence-electron chi connectivity index (χ4n) is 13.6. The van der Waals surface area contributed by atoms with Crippen LogP contribution in [0.3, 0.4) is 0 Å². The molecule has 97 heavy (non-hydrogen) atoms. The van der Waals surface area contributed by atoms with Gasteiger partial charge in [-0.25, -0.2) is 4.79 Å². The first kappa shape index (κ1) is 94.8. The van der Waals surface area contributed by atoms with E-state index in [-0.39, 0.29) is 38.2 Å².